The van der Waals surface area contributed by atoms with E-state index in [1.165, 1.54) is 30.7 Å². The lowest BCUT2D eigenvalue weighted by Gasteiger charge is -2.10. The van der Waals surface area contributed by atoms with E-state index in [0.717, 1.165) is 6.26 Å². The standard InChI is InChI=1S/C19H14ClFN6O2S/c1-30(28,29)27-13-6-11(8-22-9-13)16-4-5-17-18(26-16)19(24-10-23-17)25-12-2-3-15(21)14(20)7-12/h2-10,27H,1H3,(H,23,24,25). The lowest BCUT2D eigenvalue weighted by molar-refractivity contribution is 0.606. The Morgan fingerprint density at radius 3 is 2.63 bits per heavy atom. The van der Waals surface area contributed by atoms with E-state index in [2.05, 4.69) is 30.0 Å². The summed E-state index contributed by atoms with van der Waals surface area (Å²) in [5.41, 5.74) is 3.06. The summed E-state index contributed by atoms with van der Waals surface area (Å²) < 4.78 is 38.8. The highest BCUT2D eigenvalue weighted by Crippen LogP contribution is 2.27. The molecule has 0 radical (unpaired) electrons. The van der Waals surface area contributed by atoms with Crippen molar-refractivity contribution in [1.82, 2.24) is 19.9 Å². The minimum absolute atomic E-state index is 0.0201. The van der Waals surface area contributed by atoms with Gasteiger partial charge in [-0.25, -0.2) is 27.8 Å². The normalized spacial score (nSPS) is 11.4. The van der Waals surface area contributed by atoms with Crippen molar-refractivity contribution in [2.75, 3.05) is 16.3 Å². The number of hydrogen-bond donors (Lipinski definition) is 2. The van der Waals surface area contributed by atoms with Crippen molar-refractivity contribution in [3.8, 4) is 11.3 Å². The topological polar surface area (TPSA) is 110 Å². The van der Waals surface area contributed by atoms with Crippen LogP contribution in [0.4, 0.5) is 21.6 Å². The highest BCUT2D eigenvalue weighted by molar-refractivity contribution is 7.92. The first kappa shape index (κ1) is 19.9. The van der Waals surface area contributed by atoms with Crippen molar-refractivity contribution in [3.63, 3.8) is 0 Å². The number of nitrogens with one attached hydrogen (secondary N) is 2. The fourth-order valence-corrected chi connectivity index (χ4v) is 3.47. The molecule has 152 valence electrons. The Balaban J connectivity index is 1.74. The number of anilines is 3. The molecule has 0 saturated heterocycles. The summed E-state index contributed by atoms with van der Waals surface area (Å²) in [4.78, 5) is 17.1. The van der Waals surface area contributed by atoms with Crippen LogP contribution in [0, 0.1) is 5.82 Å². The summed E-state index contributed by atoms with van der Waals surface area (Å²) in [7, 11) is -3.44. The third-order valence-corrected chi connectivity index (χ3v) is 4.90. The van der Waals surface area contributed by atoms with Crippen LogP contribution < -0.4 is 10.0 Å². The molecule has 3 aromatic heterocycles. The van der Waals surface area contributed by atoms with Crippen LogP contribution in [0.2, 0.25) is 5.02 Å². The smallest absolute Gasteiger partial charge is 0.229 e. The average molecular weight is 445 g/mol. The third-order valence-electron chi connectivity index (χ3n) is 4.00. The van der Waals surface area contributed by atoms with Gasteiger partial charge in [0.25, 0.3) is 0 Å². The fraction of sp³-hybridized carbons (Fsp3) is 0.0526. The zero-order valence-electron chi connectivity index (χ0n) is 15.5. The first-order chi connectivity index (χ1) is 14.3. The third kappa shape index (κ3) is 4.44. The molecule has 1 aromatic carbocycles. The number of rotatable bonds is 5. The maximum atomic E-state index is 13.4. The maximum Gasteiger partial charge on any atom is 0.229 e. The molecule has 0 saturated carbocycles. The quantitative estimate of drug-likeness (QED) is 0.478. The summed E-state index contributed by atoms with van der Waals surface area (Å²) in [5.74, 6) is -0.117. The van der Waals surface area contributed by atoms with Crippen LogP contribution in [-0.2, 0) is 10.0 Å². The van der Waals surface area contributed by atoms with Gasteiger partial charge in [0.2, 0.25) is 10.0 Å². The van der Waals surface area contributed by atoms with E-state index in [4.69, 9.17) is 11.6 Å². The summed E-state index contributed by atoms with van der Waals surface area (Å²) >= 11 is 5.85. The molecule has 0 bridgehead atoms. The van der Waals surface area contributed by atoms with E-state index in [1.54, 1.807) is 24.4 Å². The lowest BCUT2D eigenvalue weighted by Crippen LogP contribution is -2.09. The minimum Gasteiger partial charge on any atom is -0.338 e. The van der Waals surface area contributed by atoms with E-state index in [0.29, 0.717) is 39.5 Å². The van der Waals surface area contributed by atoms with Crippen molar-refractivity contribution in [2.24, 2.45) is 0 Å². The maximum absolute atomic E-state index is 13.4. The Morgan fingerprint density at radius 1 is 1.03 bits per heavy atom. The Hall–Kier alpha value is -3.37. The molecule has 0 atom stereocenters. The second-order valence-electron chi connectivity index (χ2n) is 6.38. The zero-order chi connectivity index (χ0) is 21.3. The van der Waals surface area contributed by atoms with Crippen LogP contribution in [0.3, 0.4) is 0 Å². The summed E-state index contributed by atoms with van der Waals surface area (Å²) in [5, 5.41) is 3.04. The monoisotopic (exact) mass is 444 g/mol. The molecule has 0 amide bonds. The molecule has 0 fully saturated rings. The number of halogens is 2. The molecule has 4 aromatic rings. The van der Waals surface area contributed by atoms with E-state index < -0.39 is 15.8 Å². The predicted molar refractivity (Wildman–Crippen MR) is 114 cm³/mol. The van der Waals surface area contributed by atoms with Gasteiger partial charge in [-0.1, -0.05) is 11.6 Å². The van der Waals surface area contributed by atoms with Gasteiger partial charge in [-0.3, -0.25) is 9.71 Å². The number of hydrogen-bond acceptors (Lipinski definition) is 7. The van der Waals surface area contributed by atoms with E-state index in [-0.39, 0.29) is 5.02 Å². The Kier molecular flexibility index (Phi) is 5.18. The van der Waals surface area contributed by atoms with E-state index in [1.807, 2.05) is 0 Å². The number of fused-ring (bicyclic) bond motifs is 1. The van der Waals surface area contributed by atoms with Crippen LogP contribution >= 0.6 is 11.6 Å². The first-order valence-electron chi connectivity index (χ1n) is 8.55. The van der Waals surface area contributed by atoms with Gasteiger partial charge in [-0.05, 0) is 36.4 Å². The van der Waals surface area contributed by atoms with Gasteiger partial charge >= 0.3 is 0 Å². The molecule has 11 heteroatoms. The number of aromatic nitrogens is 4. The Morgan fingerprint density at radius 2 is 1.87 bits per heavy atom. The summed E-state index contributed by atoms with van der Waals surface area (Å²) in [6.07, 6.45) is 5.42. The molecule has 0 aliphatic rings. The summed E-state index contributed by atoms with van der Waals surface area (Å²) in [6.45, 7) is 0. The molecule has 0 aliphatic heterocycles. The molecular formula is C19H14ClFN6O2S. The highest BCUT2D eigenvalue weighted by Gasteiger charge is 2.11. The second kappa shape index (κ2) is 7.81. The van der Waals surface area contributed by atoms with Gasteiger partial charge in [0.1, 0.15) is 17.7 Å². The minimum atomic E-state index is -3.44. The van der Waals surface area contributed by atoms with Gasteiger partial charge in [0, 0.05) is 17.4 Å². The Labute approximate surface area is 176 Å². The van der Waals surface area contributed by atoms with Crippen molar-refractivity contribution < 1.29 is 12.8 Å². The van der Waals surface area contributed by atoms with Crippen molar-refractivity contribution >= 4 is 49.9 Å². The fourth-order valence-electron chi connectivity index (χ4n) is 2.75. The number of nitrogens with zero attached hydrogens (tertiary/aromatic N) is 4. The van der Waals surface area contributed by atoms with E-state index >= 15 is 0 Å². The lowest BCUT2D eigenvalue weighted by atomic mass is 10.1. The summed E-state index contributed by atoms with van der Waals surface area (Å²) in [6, 6.07) is 9.36. The van der Waals surface area contributed by atoms with Gasteiger partial charge < -0.3 is 5.32 Å². The van der Waals surface area contributed by atoms with Crippen LogP contribution in [0.1, 0.15) is 0 Å². The number of sulfonamides is 1. The molecule has 0 aliphatic carbocycles. The molecule has 8 nitrogen and oxygen atoms in total. The SMILES string of the molecule is CS(=O)(=O)Nc1cncc(-c2ccc3ncnc(Nc4ccc(F)c(Cl)c4)c3n2)c1. The van der Waals surface area contributed by atoms with Crippen molar-refractivity contribution in [2.45, 2.75) is 0 Å². The highest BCUT2D eigenvalue weighted by atomic mass is 35.5. The first-order valence-corrected chi connectivity index (χ1v) is 10.8. The number of pyridine rings is 2. The largest absolute Gasteiger partial charge is 0.338 e. The molecule has 0 spiro atoms. The van der Waals surface area contributed by atoms with Crippen molar-refractivity contribution in [1.29, 1.82) is 0 Å². The van der Waals surface area contributed by atoms with Gasteiger partial charge in [0.15, 0.2) is 5.82 Å². The van der Waals surface area contributed by atoms with Gasteiger partial charge in [-0.2, -0.15) is 0 Å². The van der Waals surface area contributed by atoms with E-state index in [9.17, 15) is 12.8 Å². The zero-order valence-corrected chi connectivity index (χ0v) is 17.0. The van der Waals surface area contributed by atoms with Gasteiger partial charge in [-0.15, -0.1) is 0 Å². The molecule has 4 rings (SSSR count). The number of benzene rings is 1. The van der Waals surface area contributed by atoms with Crippen LogP contribution in [0.15, 0.2) is 55.1 Å². The van der Waals surface area contributed by atoms with Crippen LogP contribution in [0.25, 0.3) is 22.3 Å². The molecule has 30 heavy (non-hydrogen) atoms. The molecule has 3 heterocycles. The van der Waals surface area contributed by atoms with Crippen molar-refractivity contribution in [3.05, 3.63) is 66.0 Å². The molecule has 2 N–H and O–H groups in total. The predicted octanol–water partition coefficient (Wildman–Crippen LogP) is 3.99. The van der Waals surface area contributed by atoms with Gasteiger partial charge in [0.05, 0.1) is 34.4 Å². The van der Waals surface area contributed by atoms with Crippen LogP contribution in [-0.4, -0.2) is 34.6 Å². The average Bonchev–Trinajstić information content (AvgIpc) is 2.70. The Bertz CT molecular complexity index is 1370. The molecule has 0 unspecified atom stereocenters. The second-order valence-corrected chi connectivity index (χ2v) is 8.53. The van der Waals surface area contributed by atoms with Crippen LogP contribution in [0.5, 0.6) is 0 Å². The molecular weight excluding hydrogens is 431 g/mol.